The van der Waals surface area contributed by atoms with Gasteiger partial charge in [0.15, 0.2) is 17.2 Å². The second-order valence-electron chi connectivity index (χ2n) is 6.68. The van der Waals surface area contributed by atoms with Crippen LogP contribution < -0.4 is 14.8 Å². The molecule has 0 spiro atoms. The van der Waals surface area contributed by atoms with Crippen LogP contribution in [0.5, 0.6) is 11.5 Å². The van der Waals surface area contributed by atoms with E-state index in [-0.39, 0.29) is 11.5 Å². The van der Waals surface area contributed by atoms with E-state index in [1.807, 2.05) is 12.1 Å². The number of rotatable bonds is 5. The monoisotopic (exact) mass is 393 g/mol. The number of fused-ring (bicyclic) bond motifs is 3. The summed E-state index contributed by atoms with van der Waals surface area (Å²) in [6.45, 7) is 0. The average molecular weight is 393 g/mol. The summed E-state index contributed by atoms with van der Waals surface area (Å²) in [7, 11) is 4.96. The maximum Gasteiger partial charge on any atom is 0.335 e. The molecule has 4 rings (SSSR count). The zero-order valence-electron chi connectivity index (χ0n) is 16.1. The third kappa shape index (κ3) is 3.08. The number of amides is 1. The Morgan fingerprint density at radius 3 is 2.38 bits per heavy atom. The lowest BCUT2D eigenvalue weighted by Crippen LogP contribution is -2.15. The highest BCUT2D eigenvalue weighted by atomic mass is 16.5. The summed E-state index contributed by atoms with van der Waals surface area (Å²) in [6.07, 6.45) is 0.555. The van der Waals surface area contributed by atoms with E-state index >= 15 is 0 Å². The number of methoxy groups -OCH3 is 2. The summed E-state index contributed by atoms with van der Waals surface area (Å²) in [5.74, 6) is -0.118. The molecule has 1 aliphatic rings. The van der Waals surface area contributed by atoms with Crippen LogP contribution in [-0.2, 0) is 13.5 Å². The summed E-state index contributed by atoms with van der Waals surface area (Å²) < 4.78 is 12.5. The number of nitrogens with zero attached hydrogens (tertiary/aromatic N) is 2. The van der Waals surface area contributed by atoms with E-state index in [4.69, 9.17) is 14.6 Å². The first kappa shape index (κ1) is 18.5. The number of nitrogens with one attached hydrogen (secondary N) is 1. The van der Waals surface area contributed by atoms with Gasteiger partial charge < -0.3 is 19.9 Å². The van der Waals surface area contributed by atoms with Gasteiger partial charge in [0.1, 0.15) is 0 Å². The SMILES string of the molecule is COc1cc2c(cc1OC)-c1c(c(C(=O)Nc3ccc(C(=O)O)cc3)nn1C)C2. The van der Waals surface area contributed by atoms with Crippen LogP contribution >= 0.6 is 0 Å². The summed E-state index contributed by atoms with van der Waals surface area (Å²) in [4.78, 5) is 23.8. The molecule has 1 aliphatic carbocycles. The van der Waals surface area contributed by atoms with Crippen molar-refractivity contribution in [2.45, 2.75) is 6.42 Å². The van der Waals surface area contributed by atoms with Crippen molar-refractivity contribution in [1.82, 2.24) is 9.78 Å². The Morgan fingerprint density at radius 2 is 1.76 bits per heavy atom. The lowest BCUT2D eigenvalue weighted by Gasteiger charge is -2.11. The fourth-order valence-electron chi connectivity index (χ4n) is 3.62. The van der Waals surface area contributed by atoms with E-state index in [1.54, 1.807) is 38.1 Å². The second kappa shape index (κ2) is 6.97. The number of anilines is 1. The smallest absolute Gasteiger partial charge is 0.335 e. The van der Waals surface area contributed by atoms with Crippen molar-refractivity contribution in [1.29, 1.82) is 0 Å². The molecule has 0 saturated carbocycles. The van der Waals surface area contributed by atoms with Gasteiger partial charge >= 0.3 is 5.97 Å². The first-order valence-electron chi connectivity index (χ1n) is 8.88. The van der Waals surface area contributed by atoms with Gasteiger partial charge in [-0.05, 0) is 42.0 Å². The molecule has 0 bridgehead atoms. The van der Waals surface area contributed by atoms with Gasteiger partial charge in [-0.2, -0.15) is 5.10 Å². The Kier molecular flexibility index (Phi) is 4.46. The van der Waals surface area contributed by atoms with E-state index in [9.17, 15) is 9.59 Å². The molecule has 1 heterocycles. The lowest BCUT2D eigenvalue weighted by atomic mass is 10.1. The number of hydrogen-bond acceptors (Lipinski definition) is 5. The zero-order chi connectivity index (χ0) is 20.7. The van der Waals surface area contributed by atoms with Gasteiger partial charge in [0.25, 0.3) is 5.91 Å². The number of carbonyl (C=O) groups is 2. The lowest BCUT2D eigenvalue weighted by molar-refractivity contribution is 0.0696. The molecule has 3 aromatic rings. The third-order valence-corrected chi connectivity index (χ3v) is 4.98. The van der Waals surface area contributed by atoms with Gasteiger partial charge in [0.05, 0.1) is 25.5 Å². The molecule has 2 N–H and O–H groups in total. The highest BCUT2D eigenvalue weighted by molar-refractivity contribution is 6.05. The molecule has 1 aromatic heterocycles. The standard InChI is InChI=1S/C21H19N3O5/c1-24-19-14-10-17(29-3)16(28-2)9-12(14)8-15(19)18(23-24)20(25)22-13-6-4-11(5-7-13)21(26)27/h4-7,9-10H,8H2,1-3H3,(H,22,25)(H,26,27). The van der Waals surface area contributed by atoms with Crippen LogP contribution in [0.1, 0.15) is 32.0 Å². The van der Waals surface area contributed by atoms with Gasteiger partial charge in [0, 0.05) is 30.3 Å². The van der Waals surface area contributed by atoms with Gasteiger partial charge in [-0.25, -0.2) is 4.79 Å². The number of benzene rings is 2. The van der Waals surface area contributed by atoms with Gasteiger partial charge in [-0.3, -0.25) is 9.48 Å². The summed E-state index contributed by atoms with van der Waals surface area (Å²) >= 11 is 0. The predicted molar refractivity (Wildman–Crippen MR) is 106 cm³/mol. The molecular weight excluding hydrogens is 374 g/mol. The predicted octanol–water partition coefficient (Wildman–Crippen LogP) is 2.96. The first-order valence-corrected chi connectivity index (χ1v) is 8.88. The summed E-state index contributed by atoms with van der Waals surface area (Å²) in [5.41, 5.74) is 4.67. The fourth-order valence-corrected chi connectivity index (χ4v) is 3.62. The van der Waals surface area contributed by atoms with Crippen LogP contribution in [0.15, 0.2) is 36.4 Å². The van der Waals surface area contributed by atoms with Crippen LogP contribution in [0.3, 0.4) is 0 Å². The van der Waals surface area contributed by atoms with Crippen LogP contribution in [0, 0.1) is 0 Å². The fraction of sp³-hybridized carbons (Fsp3) is 0.190. The minimum absolute atomic E-state index is 0.153. The molecule has 8 nitrogen and oxygen atoms in total. The molecule has 0 fully saturated rings. The van der Waals surface area contributed by atoms with Crippen molar-refractivity contribution in [2.75, 3.05) is 19.5 Å². The number of carboxylic acids is 1. The van der Waals surface area contributed by atoms with Crippen molar-refractivity contribution in [2.24, 2.45) is 7.05 Å². The van der Waals surface area contributed by atoms with Crippen molar-refractivity contribution in [3.05, 3.63) is 58.8 Å². The number of aromatic carboxylic acids is 1. The zero-order valence-corrected chi connectivity index (χ0v) is 16.1. The van der Waals surface area contributed by atoms with Crippen molar-refractivity contribution < 1.29 is 24.2 Å². The molecule has 0 atom stereocenters. The molecule has 0 saturated heterocycles. The highest BCUT2D eigenvalue weighted by Crippen LogP contribution is 2.43. The Bertz CT molecular complexity index is 1130. The van der Waals surface area contributed by atoms with E-state index in [1.165, 1.54) is 12.1 Å². The molecule has 0 unspecified atom stereocenters. The summed E-state index contributed by atoms with van der Waals surface area (Å²) in [6, 6.07) is 9.79. The minimum atomic E-state index is -1.02. The molecule has 0 radical (unpaired) electrons. The summed E-state index contributed by atoms with van der Waals surface area (Å²) in [5, 5.41) is 16.2. The number of aromatic nitrogens is 2. The Balaban J connectivity index is 1.66. The normalized spacial score (nSPS) is 11.6. The molecular formula is C21H19N3O5. The van der Waals surface area contributed by atoms with Crippen LogP contribution in [0.4, 0.5) is 5.69 Å². The van der Waals surface area contributed by atoms with E-state index in [0.29, 0.717) is 29.3 Å². The Hall–Kier alpha value is -3.81. The topological polar surface area (TPSA) is 103 Å². The van der Waals surface area contributed by atoms with Crippen LogP contribution in [-0.4, -0.2) is 41.0 Å². The first-order chi connectivity index (χ1) is 13.9. The number of hydrogen-bond donors (Lipinski definition) is 2. The number of ether oxygens (including phenoxy) is 2. The van der Waals surface area contributed by atoms with Crippen molar-refractivity contribution in [3.8, 4) is 22.8 Å². The molecule has 2 aromatic carbocycles. The second-order valence-corrected chi connectivity index (χ2v) is 6.68. The van der Waals surface area contributed by atoms with E-state index < -0.39 is 5.97 Å². The average Bonchev–Trinajstić information content (AvgIpc) is 3.24. The highest BCUT2D eigenvalue weighted by Gasteiger charge is 2.31. The van der Waals surface area contributed by atoms with Crippen LogP contribution in [0.2, 0.25) is 0 Å². The van der Waals surface area contributed by atoms with E-state index in [2.05, 4.69) is 10.4 Å². The van der Waals surface area contributed by atoms with Gasteiger partial charge in [0.2, 0.25) is 0 Å². The maximum atomic E-state index is 12.9. The Labute approximate surface area is 166 Å². The molecule has 29 heavy (non-hydrogen) atoms. The number of carbonyl (C=O) groups excluding carboxylic acids is 1. The molecule has 8 heteroatoms. The number of aryl methyl sites for hydroxylation is 1. The quantitative estimate of drug-likeness (QED) is 0.540. The largest absolute Gasteiger partial charge is 0.493 e. The third-order valence-electron chi connectivity index (χ3n) is 4.98. The van der Waals surface area contributed by atoms with Crippen LogP contribution in [0.25, 0.3) is 11.3 Å². The molecule has 1 amide bonds. The Morgan fingerprint density at radius 1 is 1.10 bits per heavy atom. The molecule has 148 valence electrons. The van der Waals surface area contributed by atoms with Gasteiger partial charge in [-0.15, -0.1) is 0 Å². The molecule has 0 aliphatic heterocycles. The van der Waals surface area contributed by atoms with Crippen molar-refractivity contribution in [3.63, 3.8) is 0 Å². The van der Waals surface area contributed by atoms with Gasteiger partial charge in [-0.1, -0.05) is 0 Å². The minimum Gasteiger partial charge on any atom is -0.493 e. The van der Waals surface area contributed by atoms with E-state index in [0.717, 1.165) is 22.4 Å². The number of carboxylic acid groups (broad SMARTS) is 1. The van der Waals surface area contributed by atoms with Crippen molar-refractivity contribution >= 4 is 17.6 Å². The maximum absolute atomic E-state index is 12.9.